The minimum atomic E-state index is -3.14. The number of carbonyl (C=O) groups is 1. The van der Waals surface area contributed by atoms with E-state index in [2.05, 4.69) is 43.4 Å². The van der Waals surface area contributed by atoms with Gasteiger partial charge in [0.05, 0.1) is 5.75 Å². The van der Waals surface area contributed by atoms with E-state index < -0.39 is 10.0 Å². The molecule has 2 rings (SSSR count). The molecule has 1 heterocycles. The van der Waals surface area contributed by atoms with Crippen molar-refractivity contribution in [3.8, 4) is 0 Å². The average molecular weight is 395 g/mol. The number of hydrogen-bond acceptors (Lipinski definition) is 3. The molecule has 152 valence electrons. The maximum Gasteiger partial charge on any atom is 0.220 e. The second kappa shape index (κ2) is 10.8. The number of nitrogens with one attached hydrogen (secondary N) is 1. The summed E-state index contributed by atoms with van der Waals surface area (Å²) in [5.41, 5.74) is 2.54. The molecule has 0 radical (unpaired) electrons. The van der Waals surface area contributed by atoms with Gasteiger partial charge in [0, 0.05) is 26.1 Å². The van der Waals surface area contributed by atoms with E-state index in [0.29, 0.717) is 44.8 Å². The first-order valence-corrected chi connectivity index (χ1v) is 11.8. The smallest absolute Gasteiger partial charge is 0.220 e. The number of sulfonamides is 1. The largest absolute Gasteiger partial charge is 0.356 e. The molecule has 0 unspecified atom stereocenters. The van der Waals surface area contributed by atoms with Crippen molar-refractivity contribution in [2.24, 2.45) is 0 Å². The van der Waals surface area contributed by atoms with Crippen LogP contribution in [0.1, 0.15) is 69.4 Å². The normalized spacial score (nSPS) is 15.8. The lowest BCUT2D eigenvalue weighted by Gasteiger charge is -2.25. The fourth-order valence-electron chi connectivity index (χ4n) is 3.35. The number of rotatable bonds is 10. The van der Waals surface area contributed by atoms with Crippen molar-refractivity contribution in [3.05, 3.63) is 35.4 Å². The standard InChI is InChI=1S/C21H34N2O3S/c1-18(2)20-11-9-19(10-12-20)13-14-22-21(24)8-4-7-17-27(25,26)23-15-5-3-6-16-23/h9-12,18H,3-8,13-17H2,1-2H3,(H,22,24). The second-order valence-corrected chi connectivity index (χ2v) is 9.82. The van der Waals surface area contributed by atoms with E-state index in [4.69, 9.17) is 0 Å². The monoisotopic (exact) mass is 394 g/mol. The molecule has 1 saturated heterocycles. The molecule has 0 bridgehead atoms. The highest BCUT2D eigenvalue weighted by Gasteiger charge is 2.23. The van der Waals surface area contributed by atoms with Gasteiger partial charge in [0.15, 0.2) is 0 Å². The zero-order chi connectivity index (χ0) is 19.7. The lowest BCUT2D eigenvalue weighted by molar-refractivity contribution is -0.121. The third kappa shape index (κ3) is 7.62. The molecule has 27 heavy (non-hydrogen) atoms. The molecule has 5 nitrogen and oxygen atoms in total. The zero-order valence-corrected chi connectivity index (χ0v) is 17.6. The Morgan fingerprint density at radius 3 is 2.37 bits per heavy atom. The van der Waals surface area contributed by atoms with Crippen LogP contribution in [0.25, 0.3) is 0 Å². The maximum absolute atomic E-state index is 12.3. The van der Waals surface area contributed by atoms with Crippen molar-refractivity contribution in [1.82, 2.24) is 9.62 Å². The molecule has 1 aromatic carbocycles. The minimum Gasteiger partial charge on any atom is -0.356 e. The summed E-state index contributed by atoms with van der Waals surface area (Å²) in [6.45, 7) is 6.27. The van der Waals surface area contributed by atoms with Gasteiger partial charge in [0.1, 0.15) is 0 Å². The fraction of sp³-hybridized carbons (Fsp3) is 0.667. The van der Waals surface area contributed by atoms with Gasteiger partial charge in [-0.15, -0.1) is 0 Å². The van der Waals surface area contributed by atoms with Gasteiger partial charge in [-0.3, -0.25) is 4.79 Å². The topological polar surface area (TPSA) is 66.5 Å². The van der Waals surface area contributed by atoms with E-state index in [1.54, 1.807) is 4.31 Å². The lowest BCUT2D eigenvalue weighted by atomic mass is 10.0. The Morgan fingerprint density at radius 1 is 1.07 bits per heavy atom. The van der Waals surface area contributed by atoms with E-state index in [1.165, 1.54) is 11.1 Å². The summed E-state index contributed by atoms with van der Waals surface area (Å²) >= 11 is 0. The van der Waals surface area contributed by atoms with Gasteiger partial charge in [0.2, 0.25) is 15.9 Å². The third-order valence-electron chi connectivity index (χ3n) is 5.15. The van der Waals surface area contributed by atoms with Crippen molar-refractivity contribution in [2.75, 3.05) is 25.4 Å². The van der Waals surface area contributed by atoms with Gasteiger partial charge < -0.3 is 5.32 Å². The summed E-state index contributed by atoms with van der Waals surface area (Å²) in [6, 6.07) is 8.52. The predicted octanol–water partition coefficient (Wildman–Crippen LogP) is 3.45. The van der Waals surface area contributed by atoms with Crippen LogP contribution in [0, 0.1) is 0 Å². The van der Waals surface area contributed by atoms with Gasteiger partial charge in [-0.25, -0.2) is 12.7 Å². The molecule has 1 aliphatic rings. The molecule has 0 spiro atoms. The molecule has 1 amide bonds. The Labute approximate surface area is 164 Å². The lowest BCUT2D eigenvalue weighted by Crippen LogP contribution is -2.37. The first-order chi connectivity index (χ1) is 12.9. The number of carbonyl (C=O) groups excluding carboxylic acids is 1. The summed E-state index contributed by atoms with van der Waals surface area (Å²) in [5.74, 6) is 0.685. The van der Waals surface area contributed by atoms with Crippen LogP contribution >= 0.6 is 0 Å². The van der Waals surface area contributed by atoms with Gasteiger partial charge in [-0.1, -0.05) is 44.5 Å². The van der Waals surface area contributed by atoms with Crippen LogP contribution in [-0.4, -0.2) is 44.0 Å². The van der Waals surface area contributed by atoms with Crippen LogP contribution in [0.2, 0.25) is 0 Å². The van der Waals surface area contributed by atoms with E-state index in [1.807, 2.05) is 0 Å². The highest BCUT2D eigenvalue weighted by Crippen LogP contribution is 2.15. The first-order valence-electron chi connectivity index (χ1n) is 10.2. The molecule has 0 saturated carbocycles. The Kier molecular flexibility index (Phi) is 8.77. The average Bonchev–Trinajstić information content (AvgIpc) is 2.66. The van der Waals surface area contributed by atoms with E-state index in [-0.39, 0.29) is 11.7 Å². The summed E-state index contributed by atoms with van der Waals surface area (Å²) < 4.78 is 26.1. The van der Waals surface area contributed by atoms with Gasteiger partial charge in [0.25, 0.3) is 0 Å². The fourth-order valence-corrected chi connectivity index (χ4v) is 4.99. The van der Waals surface area contributed by atoms with Gasteiger partial charge >= 0.3 is 0 Å². The number of nitrogens with zero attached hydrogens (tertiary/aromatic N) is 1. The van der Waals surface area contributed by atoms with Crippen molar-refractivity contribution >= 4 is 15.9 Å². The molecule has 0 atom stereocenters. The zero-order valence-electron chi connectivity index (χ0n) is 16.7. The van der Waals surface area contributed by atoms with Crippen LogP contribution in [0.3, 0.4) is 0 Å². The number of unbranched alkanes of at least 4 members (excludes halogenated alkanes) is 1. The first kappa shape index (κ1) is 21.9. The maximum atomic E-state index is 12.3. The molecule has 0 aliphatic carbocycles. The number of benzene rings is 1. The molecule has 1 fully saturated rings. The summed E-state index contributed by atoms with van der Waals surface area (Å²) in [5, 5.41) is 2.93. The van der Waals surface area contributed by atoms with Crippen LogP contribution in [0.4, 0.5) is 0 Å². The van der Waals surface area contributed by atoms with Gasteiger partial charge in [-0.05, 0) is 49.1 Å². The summed E-state index contributed by atoms with van der Waals surface area (Å²) in [7, 11) is -3.14. The Morgan fingerprint density at radius 2 is 1.74 bits per heavy atom. The molecule has 6 heteroatoms. The Hall–Kier alpha value is -1.40. The van der Waals surface area contributed by atoms with Gasteiger partial charge in [-0.2, -0.15) is 0 Å². The number of amides is 1. The van der Waals surface area contributed by atoms with Crippen LogP contribution in [-0.2, 0) is 21.2 Å². The summed E-state index contributed by atoms with van der Waals surface area (Å²) in [6.07, 6.45) is 5.40. The third-order valence-corrected chi connectivity index (χ3v) is 7.10. The van der Waals surface area contributed by atoms with Crippen LogP contribution in [0.15, 0.2) is 24.3 Å². The summed E-state index contributed by atoms with van der Waals surface area (Å²) in [4.78, 5) is 11.9. The van der Waals surface area contributed by atoms with Crippen molar-refractivity contribution < 1.29 is 13.2 Å². The predicted molar refractivity (Wildman–Crippen MR) is 110 cm³/mol. The second-order valence-electron chi connectivity index (χ2n) is 7.73. The highest BCUT2D eigenvalue weighted by molar-refractivity contribution is 7.89. The van der Waals surface area contributed by atoms with E-state index >= 15 is 0 Å². The van der Waals surface area contributed by atoms with Crippen molar-refractivity contribution in [3.63, 3.8) is 0 Å². The van der Waals surface area contributed by atoms with Crippen LogP contribution < -0.4 is 5.32 Å². The van der Waals surface area contributed by atoms with Crippen LogP contribution in [0.5, 0.6) is 0 Å². The van der Waals surface area contributed by atoms with Crippen molar-refractivity contribution in [2.45, 2.75) is 64.7 Å². The number of hydrogen-bond donors (Lipinski definition) is 1. The highest BCUT2D eigenvalue weighted by atomic mass is 32.2. The molecule has 0 aromatic heterocycles. The SMILES string of the molecule is CC(C)c1ccc(CCNC(=O)CCCCS(=O)(=O)N2CCCCC2)cc1. The van der Waals surface area contributed by atoms with Crippen molar-refractivity contribution in [1.29, 1.82) is 0 Å². The molecule has 1 aliphatic heterocycles. The Bertz CT molecular complexity index is 678. The van der Waals surface area contributed by atoms with E-state index in [0.717, 1.165) is 25.7 Å². The Balaban J connectivity index is 1.59. The minimum absolute atomic E-state index is 0.00386. The molecule has 1 N–H and O–H groups in total. The number of piperidine rings is 1. The molecular weight excluding hydrogens is 360 g/mol. The van der Waals surface area contributed by atoms with E-state index in [9.17, 15) is 13.2 Å². The quantitative estimate of drug-likeness (QED) is 0.618. The molecular formula is C21H34N2O3S. The molecule has 1 aromatic rings.